The third-order valence-electron chi connectivity index (χ3n) is 3.44. The summed E-state index contributed by atoms with van der Waals surface area (Å²) in [5, 5.41) is 23.3. The van der Waals surface area contributed by atoms with Gasteiger partial charge >= 0.3 is 0 Å². The molecule has 23 heavy (non-hydrogen) atoms. The number of nitro benzene ring substituents is 1. The second-order valence-electron chi connectivity index (χ2n) is 5.03. The van der Waals surface area contributed by atoms with Gasteiger partial charge in [-0.3, -0.25) is 14.9 Å². The summed E-state index contributed by atoms with van der Waals surface area (Å²) in [6, 6.07) is 7.30. The molecule has 1 atom stereocenters. The summed E-state index contributed by atoms with van der Waals surface area (Å²) >= 11 is 5.89. The van der Waals surface area contributed by atoms with Crippen molar-refractivity contribution in [3.8, 4) is 0 Å². The molecule has 0 saturated heterocycles. The highest BCUT2D eigenvalue weighted by atomic mass is 35.5. The number of aryl methyl sites for hydroxylation is 1. The first-order chi connectivity index (χ1) is 10.9. The number of benzene rings is 1. The maximum absolute atomic E-state index is 12.0. The van der Waals surface area contributed by atoms with Crippen LogP contribution in [-0.2, 0) is 7.05 Å². The van der Waals surface area contributed by atoms with Crippen LogP contribution in [0, 0.1) is 10.1 Å². The number of aliphatic hydroxyl groups excluding tert-OH is 1. The SMILES string of the molecule is Cn1cccc1C(O)CCNC(=O)c1ccc([N+](=O)[O-])cc1Cl. The standard InChI is InChI=1S/C15H16ClN3O4/c1-18-8-2-3-13(18)14(20)6-7-17-15(21)11-5-4-10(19(22)23)9-12(11)16/h2-5,8-9,14,20H,6-7H2,1H3,(H,17,21). The number of nitrogens with one attached hydrogen (secondary N) is 1. The van der Waals surface area contributed by atoms with Crippen LogP contribution in [0.15, 0.2) is 36.5 Å². The Kier molecular flexibility index (Phi) is 5.36. The van der Waals surface area contributed by atoms with Crippen LogP contribution in [0.3, 0.4) is 0 Å². The van der Waals surface area contributed by atoms with Gasteiger partial charge < -0.3 is 15.0 Å². The van der Waals surface area contributed by atoms with Crippen molar-refractivity contribution in [2.45, 2.75) is 12.5 Å². The number of non-ortho nitro benzene ring substituents is 1. The number of hydrogen-bond donors (Lipinski definition) is 2. The molecule has 0 radical (unpaired) electrons. The van der Waals surface area contributed by atoms with E-state index >= 15 is 0 Å². The predicted molar refractivity (Wildman–Crippen MR) is 85.4 cm³/mol. The zero-order chi connectivity index (χ0) is 17.0. The van der Waals surface area contributed by atoms with Gasteiger partial charge in [-0.1, -0.05) is 11.6 Å². The number of carbonyl (C=O) groups excluding carboxylic acids is 1. The molecule has 7 nitrogen and oxygen atoms in total. The molecule has 0 saturated carbocycles. The number of halogens is 1. The molecular weight excluding hydrogens is 322 g/mol. The van der Waals surface area contributed by atoms with Crippen molar-refractivity contribution in [1.29, 1.82) is 0 Å². The van der Waals surface area contributed by atoms with Crippen LogP contribution < -0.4 is 5.32 Å². The molecule has 2 rings (SSSR count). The summed E-state index contributed by atoms with van der Waals surface area (Å²) in [4.78, 5) is 22.1. The molecule has 0 spiro atoms. The van der Waals surface area contributed by atoms with E-state index in [0.29, 0.717) is 6.42 Å². The van der Waals surface area contributed by atoms with E-state index in [1.807, 2.05) is 19.3 Å². The molecule has 0 aliphatic rings. The van der Waals surface area contributed by atoms with Crippen LogP contribution in [0.2, 0.25) is 5.02 Å². The first kappa shape index (κ1) is 17.0. The smallest absolute Gasteiger partial charge is 0.270 e. The van der Waals surface area contributed by atoms with Crippen molar-refractivity contribution < 1.29 is 14.8 Å². The summed E-state index contributed by atoms with van der Waals surface area (Å²) in [5.41, 5.74) is 0.740. The minimum atomic E-state index is -0.692. The first-order valence-electron chi connectivity index (χ1n) is 6.91. The molecule has 1 aromatic heterocycles. The summed E-state index contributed by atoms with van der Waals surface area (Å²) in [6.45, 7) is 0.249. The van der Waals surface area contributed by atoms with Gasteiger partial charge in [0.05, 0.1) is 21.6 Å². The highest BCUT2D eigenvalue weighted by Crippen LogP contribution is 2.22. The minimum Gasteiger partial charge on any atom is -0.387 e. The van der Waals surface area contributed by atoms with Gasteiger partial charge in [0, 0.05) is 37.6 Å². The second-order valence-corrected chi connectivity index (χ2v) is 5.43. The van der Waals surface area contributed by atoms with Crippen molar-refractivity contribution in [3.05, 3.63) is 62.9 Å². The number of carbonyl (C=O) groups is 1. The Morgan fingerprint density at radius 3 is 2.78 bits per heavy atom. The quantitative estimate of drug-likeness (QED) is 0.625. The summed E-state index contributed by atoms with van der Waals surface area (Å²) in [6.07, 6.45) is 1.48. The van der Waals surface area contributed by atoms with Gasteiger partial charge in [-0.25, -0.2) is 0 Å². The summed E-state index contributed by atoms with van der Waals surface area (Å²) in [5.74, 6) is -0.441. The van der Waals surface area contributed by atoms with Gasteiger partial charge in [0.15, 0.2) is 0 Å². The molecule has 0 aliphatic heterocycles. The molecule has 1 heterocycles. The van der Waals surface area contributed by atoms with Gasteiger partial charge in [-0.2, -0.15) is 0 Å². The molecule has 2 aromatic rings. The average Bonchev–Trinajstić information content (AvgIpc) is 2.92. The average molecular weight is 338 g/mol. The van der Waals surface area contributed by atoms with Crippen LogP contribution in [-0.4, -0.2) is 27.0 Å². The van der Waals surface area contributed by atoms with Crippen molar-refractivity contribution in [2.24, 2.45) is 7.05 Å². The van der Waals surface area contributed by atoms with Crippen molar-refractivity contribution in [3.63, 3.8) is 0 Å². The van der Waals surface area contributed by atoms with E-state index in [1.54, 1.807) is 10.6 Å². The fraction of sp³-hybridized carbons (Fsp3) is 0.267. The van der Waals surface area contributed by atoms with Crippen LogP contribution in [0.4, 0.5) is 5.69 Å². The molecule has 1 amide bonds. The number of aromatic nitrogens is 1. The highest BCUT2D eigenvalue weighted by molar-refractivity contribution is 6.34. The Morgan fingerprint density at radius 1 is 1.48 bits per heavy atom. The van der Waals surface area contributed by atoms with Crippen LogP contribution >= 0.6 is 11.6 Å². The third-order valence-corrected chi connectivity index (χ3v) is 3.75. The van der Waals surface area contributed by atoms with Gasteiger partial charge in [-0.15, -0.1) is 0 Å². The van der Waals surface area contributed by atoms with Crippen LogP contribution in [0.25, 0.3) is 0 Å². The molecule has 1 aromatic carbocycles. The molecular formula is C15H16ClN3O4. The second kappa shape index (κ2) is 7.26. The predicted octanol–water partition coefficient (Wildman–Crippen LogP) is 2.44. The lowest BCUT2D eigenvalue weighted by Gasteiger charge is -2.13. The molecule has 0 aliphatic carbocycles. The molecule has 0 bridgehead atoms. The first-order valence-corrected chi connectivity index (χ1v) is 7.29. The van der Waals surface area contributed by atoms with Crippen molar-refractivity contribution in [2.75, 3.05) is 6.54 Å². The summed E-state index contributed by atoms with van der Waals surface area (Å²) < 4.78 is 1.81. The van der Waals surface area contributed by atoms with Crippen molar-refractivity contribution >= 4 is 23.2 Å². The van der Waals surface area contributed by atoms with E-state index in [2.05, 4.69) is 5.32 Å². The number of hydrogen-bond acceptors (Lipinski definition) is 4. The van der Waals surface area contributed by atoms with Crippen LogP contribution in [0.5, 0.6) is 0 Å². The fourth-order valence-electron chi connectivity index (χ4n) is 2.19. The number of nitro groups is 1. The van der Waals surface area contributed by atoms with Gasteiger partial charge in [0.1, 0.15) is 0 Å². The zero-order valence-corrected chi connectivity index (χ0v) is 13.2. The van der Waals surface area contributed by atoms with Crippen LogP contribution in [0.1, 0.15) is 28.6 Å². The van der Waals surface area contributed by atoms with Gasteiger partial charge in [-0.05, 0) is 24.6 Å². The molecule has 0 fully saturated rings. The number of rotatable bonds is 6. The van der Waals surface area contributed by atoms with E-state index < -0.39 is 16.9 Å². The van der Waals surface area contributed by atoms with E-state index in [0.717, 1.165) is 11.8 Å². The zero-order valence-electron chi connectivity index (χ0n) is 12.4. The number of aliphatic hydroxyl groups is 1. The van der Waals surface area contributed by atoms with Crippen molar-refractivity contribution in [1.82, 2.24) is 9.88 Å². The molecule has 2 N–H and O–H groups in total. The largest absolute Gasteiger partial charge is 0.387 e. The lowest BCUT2D eigenvalue weighted by molar-refractivity contribution is -0.384. The van der Waals surface area contributed by atoms with E-state index in [4.69, 9.17) is 11.6 Å². The maximum atomic E-state index is 12.0. The normalized spacial score (nSPS) is 12.0. The fourth-order valence-corrected chi connectivity index (χ4v) is 2.45. The Balaban J connectivity index is 1.92. The lowest BCUT2D eigenvalue weighted by Crippen LogP contribution is -2.26. The number of nitrogens with zero attached hydrogens (tertiary/aromatic N) is 2. The Hall–Kier alpha value is -2.38. The molecule has 1 unspecified atom stereocenters. The van der Waals surface area contributed by atoms with E-state index in [9.17, 15) is 20.0 Å². The van der Waals surface area contributed by atoms with Gasteiger partial charge in [0.25, 0.3) is 11.6 Å². The van der Waals surface area contributed by atoms with E-state index in [1.165, 1.54) is 12.1 Å². The molecule has 8 heteroatoms. The highest BCUT2D eigenvalue weighted by Gasteiger charge is 2.16. The Morgan fingerprint density at radius 2 is 2.22 bits per heavy atom. The number of amides is 1. The minimum absolute atomic E-state index is 0.0136. The third kappa shape index (κ3) is 4.08. The maximum Gasteiger partial charge on any atom is 0.270 e. The Bertz CT molecular complexity index is 729. The molecule has 122 valence electrons. The lowest BCUT2D eigenvalue weighted by atomic mass is 10.1. The summed E-state index contributed by atoms with van der Waals surface area (Å²) in [7, 11) is 1.83. The monoisotopic (exact) mass is 337 g/mol. The van der Waals surface area contributed by atoms with Gasteiger partial charge in [0.2, 0.25) is 0 Å². The topological polar surface area (TPSA) is 97.4 Å². The van der Waals surface area contributed by atoms with E-state index in [-0.39, 0.29) is 22.8 Å². The Labute approximate surface area is 137 Å².